The average molecular weight is 300 g/mol. The second-order valence-corrected chi connectivity index (χ2v) is 5.92. The Kier molecular flexibility index (Phi) is 3.83. The summed E-state index contributed by atoms with van der Waals surface area (Å²) in [5.74, 6) is 0.946. The molecule has 0 unspecified atom stereocenters. The second kappa shape index (κ2) is 5.14. The van der Waals surface area contributed by atoms with Crippen molar-refractivity contribution in [2.75, 3.05) is 0 Å². The highest BCUT2D eigenvalue weighted by Gasteiger charge is 2.02. The van der Waals surface area contributed by atoms with Crippen molar-refractivity contribution in [3.05, 3.63) is 44.8 Å². The maximum atomic E-state index is 4.44. The van der Waals surface area contributed by atoms with E-state index in [2.05, 4.69) is 44.5 Å². The van der Waals surface area contributed by atoms with E-state index in [1.807, 2.05) is 24.8 Å². The van der Waals surface area contributed by atoms with Gasteiger partial charge in [-0.3, -0.25) is 0 Å². The maximum Gasteiger partial charge on any atom is 0.103 e. The number of hydrogen-bond acceptors (Lipinski definition) is 3. The molecule has 0 spiro atoms. The highest BCUT2D eigenvalue weighted by molar-refractivity contribution is 9.10. The van der Waals surface area contributed by atoms with Crippen molar-refractivity contribution < 1.29 is 0 Å². The molecule has 0 saturated heterocycles. The number of thiazole rings is 1. The minimum atomic E-state index is 0.946. The van der Waals surface area contributed by atoms with Gasteiger partial charge in [-0.05, 0) is 35.0 Å². The van der Waals surface area contributed by atoms with Gasteiger partial charge in [-0.15, -0.1) is 23.1 Å². The minimum Gasteiger partial charge on any atom is -0.246 e. The van der Waals surface area contributed by atoms with Crippen molar-refractivity contribution in [2.45, 2.75) is 17.6 Å². The van der Waals surface area contributed by atoms with E-state index in [1.165, 1.54) is 9.90 Å². The summed E-state index contributed by atoms with van der Waals surface area (Å²) in [5, 5.41) is 3.28. The molecule has 1 aromatic heterocycles. The first-order valence-electron chi connectivity index (χ1n) is 4.54. The van der Waals surface area contributed by atoms with Crippen molar-refractivity contribution in [2.24, 2.45) is 0 Å². The largest absolute Gasteiger partial charge is 0.246 e. The van der Waals surface area contributed by atoms with E-state index in [1.54, 1.807) is 11.3 Å². The summed E-state index contributed by atoms with van der Waals surface area (Å²) in [5.41, 5.74) is 1.11. The number of aryl methyl sites for hydroxylation is 1. The van der Waals surface area contributed by atoms with E-state index in [4.69, 9.17) is 0 Å². The van der Waals surface area contributed by atoms with Gasteiger partial charge in [0.25, 0.3) is 0 Å². The number of thioether (sulfide) groups is 1. The Hall–Kier alpha value is -0.320. The van der Waals surface area contributed by atoms with Crippen LogP contribution in [-0.4, -0.2) is 4.98 Å². The summed E-state index contributed by atoms with van der Waals surface area (Å²) in [6.45, 7) is 2.03. The molecule has 1 aromatic carbocycles. The van der Waals surface area contributed by atoms with Crippen molar-refractivity contribution >= 4 is 39.0 Å². The van der Waals surface area contributed by atoms with Crippen LogP contribution in [0.4, 0.5) is 0 Å². The number of aromatic nitrogens is 1. The second-order valence-electron chi connectivity index (χ2n) is 3.10. The Morgan fingerprint density at radius 1 is 1.40 bits per heavy atom. The smallest absolute Gasteiger partial charge is 0.103 e. The summed E-state index contributed by atoms with van der Waals surface area (Å²) >= 11 is 7.08. The van der Waals surface area contributed by atoms with Crippen molar-refractivity contribution in [1.82, 2.24) is 4.98 Å². The minimum absolute atomic E-state index is 0.946. The third-order valence-corrected chi connectivity index (χ3v) is 5.04. The van der Waals surface area contributed by atoms with Gasteiger partial charge in [0.05, 0.1) is 5.75 Å². The summed E-state index contributed by atoms with van der Waals surface area (Å²) in [4.78, 5) is 5.71. The Morgan fingerprint density at radius 3 is 2.87 bits per heavy atom. The molecule has 0 N–H and O–H groups in total. The molecule has 0 radical (unpaired) electrons. The van der Waals surface area contributed by atoms with Crippen LogP contribution in [0.25, 0.3) is 0 Å². The van der Waals surface area contributed by atoms with E-state index in [-0.39, 0.29) is 0 Å². The zero-order valence-corrected chi connectivity index (χ0v) is 11.5. The topological polar surface area (TPSA) is 12.9 Å². The molecule has 78 valence electrons. The molecule has 0 aliphatic heterocycles. The van der Waals surface area contributed by atoms with E-state index >= 15 is 0 Å². The van der Waals surface area contributed by atoms with Crippen molar-refractivity contribution in [3.63, 3.8) is 0 Å². The van der Waals surface area contributed by atoms with Crippen LogP contribution in [0.1, 0.15) is 10.7 Å². The van der Waals surface area contributed by atoms with Crippen molar-refractivity contribution in [1.29, 1.82) is 0 Å². The van der Waals surface area contributed by atoms with E-state index in [0.29, 0.717) is 0 Å². The SMILES string of the molecule is Cc1csc(CSc2ccccc2Br)n1. The zero-order chi connectivity index (χ0) is 10.7. The van der Waals surface area contributed by atoms with Gasteiger partial charge in [0, 0.05) is 20.4 Å². The van der Waals surface area contributed by atoms with Gasteiger partial charge in [-0.1, -0.05) is 12.1 Å². The molecule has 0 fully saturated rings. The van der Waals surface area contributed by atoms with Gasteiger partial charge in [0.15, 0.2) is 0 Å². The number of nitrogens with zero attached hydrogens (tertiary/aromatic N) is 1. The van der Waals surface area contributed by atoms with Crippen LogP contribution in [0.2, 0.25) is 0 Å². The van der Waals surface area contributed by atoms with E-state index < -0.39 is 0 Å². The molecular formula is C11H10BrNS2. The monoisotopic (exact) mass is 299 g/mol. The summed E-state index contributed by atoms with van der Waals surface area (Å²) in [6.07, 6.45) is 0. The van der Waals surface area contributed by atoms with Crippen LogP contribution >= 0.6 is 39.0 Å². The van der Waals surface area contributed by atoms with Crippen LogP contribution in [0.5, 0.6) is 0 Å². The highest BCUT2D eigenvalue weighted by atomic mass is 79.9. The van der Waals surface area contributed by atoms with Gasteiger partial charge in [-0.25, -0.2) is 4.98 Å². The lowest BCUT2D eigenvalue weighted by Gasteiger charge is -2.01. The summed E-state index contributed by atoms with van der Waals surface area (Å²) in [7, 11) is 0. The zero-order valence-electron chi connectivity index (χ0n) is 8.24. The molecule has 1 nitrogen and oxygen atoms in total. The Labute approximate surface area is 106 Å². The molecule has 0 amide bonds. The first kappa shape index (κ1) is 11.2. The average Bonchev–Trinajstić information content (AvgIpc) is 2.63. The number of rotatable bonds is 3. The fraction of sp³-hybridized carbons (Fsp3) is 0.182. The predicted octanol–water partition coefficient (Wildman–Crippen LogP) is 4.51. The molecule has 2 aromatic rings. The highest BCUT2D eigenvalue weighted by Crippen LogP contribution is 2.30. The molecule has 4 heteroatoms. The van der Waals surface area contributed by atoms with Gasteiger partial charge in [-0.2, -0.15) is 0 Å². The molecule has 0 aliphatic rings. The molecule has 1 heterocycles. The standard InChI is InChI=1S/C11H10BrNS2/c1-8-6-15-11(13-8)7-14-10-5-3-2-4-9(10)12/h2-6H,7H2,1H3. The summed E-state index contributed by atoms with van der Waals surface area (Å²) < 4.78 is 1.16. The summed E-state index contributed by atoms with van der Waals surface area (Å²) in [6, 6.07) is 8.27. The van der Waals surface area contributed by atoms with Crippen LogP contribution in [0.15, 0.2) is 39.0 Å². The number of hydrogen-bond donors (Lipinski definition) is 0. The maximum absolute atomic E-state index is 4.44. The van der Waals surface area contributed by atoms with Gasteiger partial charge in [0.1, 0.15) is 5.01 Å². The fourth-order valence-electron chi connectivity index (χ4n) is 1.17. The van der Waals surface area contributed by atoms with Gasteiger partial charge in [0.2, 0.25) is 0 Å². The fourth-order valence-corrected chi connectivity index (χ4v) is 3.53. The lowest BCUT2D eigenvalue weighted by molar-refractivity contribution is 1.18. The van der Waals surface area contributed by atoms with E-state index in [0.717, 1.165) is 15.9 Å². The molecule has 0 atom stereocenters. The first-order valence-corrected chi connectivity index (χ1v) is 7.20. The molecule has 0 saturated carbocycles. The first-order chi connectivity index (χ1) is 7.25. The number of halogens is 1. The predicted molar refractivity (Wildman–Crippen MR) is 70.6 cm³/mol. The molecule has 0 bridgehead atoms. The van der Waals surface area contributed by atoms with Crippen LogP contribution in [0, 0.1) is 6.92 Å². The molecule has 15 heavy (non-hydrogen) atoms. The third-order valence-electron chi connectivity index (χ3n) is 1.85. The van der Waals surface area contributed by atoms with E-state index in [9.17, 15) is 0 Å². The van der Waals surface area contributed by atoms with Gasteiger partial charge < -0.3 is 0 Å². The lowest BCUT2D eigenvalue weighted by atomic mass is 10.4. The van der Waals surface area contributed by atoms with Crippen LogP contribution < -0.4 is 0 Å². The Balaban J connectivity index is 2.02. The van der Waals surface area contributed by atoms with Crippen LogP contribution in [0.3, 0.4) is 0 Å². The van der Waals surface area contributed by atoms with Crippen molar-refractivity contribution in [3.8, 4) is 0 Å². The quantitative estimate of drug-likeness (QED) is 0.774. The Morgan fingerprint density at radius 2 is 2.20 bits per heavy atom. The third kappa shape index (κ3) is 3.06. The van der Waals surface area contributed by atoms with Gasteiger partial charge >= 0.3 is 0 Å². The number of benzene rings is 1. The van der Waals surface area contributed by atoms with Crippen LogP contribution in [-0.2, 0) is 5.75 Å². The Bertz CT molecular complexity index is 453. The molecule has 0 aliphatic carbocycles. The normalized spacial score (nSPS) is 10.5. The molecule has 2 rings (SSSR count). The molecular weight excluding hydrogens is 290 g/mol. The lowest BCUT2D eigenvalue weighted by Crippen LogP contribution is -1.80.